The van der Waals surface area contributed by atoms with Gasteiger partial charge in [-0.15, -0.1) is 11.8 Å². The van der Waals surface area contributed by atoms with Gasteiger partial charge in [-0.2, -0.15) is 0 Å². The molecule has 0 saturated heterocycles. The van der Waals surface area contributed by atoms with Gasteiger partial charge in [0.1, 0.15) is 5.75 Å². The quantitative estimate of drug-likeness (QED) is 0.635. The van der Waals surface area contributed by atoms with Crippen LogP contribution in [-0.2, 0) is 0 Å². The average Bonchev–Trinajstić information content (AvgIpc) is 2.36. The lowest BCUT2D eigenvalue weighted by molar-refractivity contribution is 0.320. The van der Waals surface area contributed by atoms with Crippen LogP contribution >= 0.6 is 15.9 Å². The fraction of sp³-hybridized carbons (Fsp3) is 0.467. The molecule has 3 heteroatoms. The third-order valence-corrected chi connectivity index (χ3v) is 3.10. The maximum Gasteiger partial charge on any atom is 0.124 e. The van der Waals surface area contributed by atoms with Gasteiger partial charge in [-0.05, 0) is 38.6 Å². The number of rotatable bonds is 6. The van der Waals surface area contributed by atoms with Crippen molar-refractivity contribution >= 4 is 15.9 Å². The topological polar surface area (TPSA) is 21.3 Å². The first-order chi connectivity index (χ1) is 8.69. The van der Waals surface area contributed by atoms with E-state index in [-0.39, 0.29) is 6.04 Å². The molecule has 0 aliphatic heterocycles. The second-order valence-corrected chi connectivity index (χ2v) is 4.90. The van der Waals surface area contributed by atoms with E-state index in [2.05, 4.69) is 53.0 Å². The molecule has 0 bridgehead atoms. The lowest BCUT2D eigenvalue weighted by Gasteiger charge is -2.17. The molecule has 0 fully saturated rings. The Morgan fingerprint density at radius 1 is 1.44 bits per heavy atom. The van der Waals surface area contributed by atoms with Crippen LogP contribution in [0.3, 0.4) is 0 Å². The Morgan fingerprint density at radius 2 is 2.22 bits per heavy atom. The van der Waals surface area contributed by atoms with Crippen molar-refractivity contribution in [1.82, 2.24) is 5.32 Å². The molecule has 18 heavy (non-hydrogen) atoms. The van der Waals surface area contributed by atoms with Gasteiger partial charge in [-0.3, -0.25) is 0 Å². The maximum absolute atomic E-state index is 5.80. The summed E-state index contributed by atoms with van der Waals surface area (Å²) in [5, 5.41) is 3.40. The van der Waals surface area contributed by atoms with Crippen LogP contribution in [0.5, 0.6) is 5.75 Å². The molecule has 0 radical (unpaired) electrons. The first-order valence-corrected chi connectivity index (χ1v) is 7.03. The molecule has 1 aromatic carbocycles. The second kappa shape index (κ2) is 8.18. The summed E-state index contributed by atoms with van der Waals surface area (Å²) < 4.78 is 6.87. The van der Waals surface area contributed by atoms with Gasteiger partial charge in [0, 0.05) is 22.5 Å². The largest absolute Gasteiger partial charge is 0.492 e. The summed E-state index contributed by atoms with van der Waals surface area (Å²) in [5.74, 6) is 6.81. The number of halogens is 1. The van der Waals surface area contributed by atoms with Crippen LogP contribution < -0.4 is 10.1 Å². The van der Waals surface area contributed by atoms with Crippen molar-refractivity contribution in [3.8, 4) is 17.6 Å². The molecular weight excluding hydrogens is 290 g/mol. The zero-order chi connectivity index (χ0) is 13.4. The van der Waals surface area contributed by atoms with Crippen LogP contribution in [0, 0.1) is 11.8 Å². The highest BCUT2D eigenvalue weighted by Crippen LogP contribution is 2.28. The summed E-state index contributed by atoms with van der Waals surface area (Å²) in [7, 11) is 0. The Bertz CT molecular complexity index is 434. The SMILES string of the molecule is CC#CCCOc1ccc(Br)cc1C(C)NCC. The highest BCUT2D eigenvalue weighted by Gasteiger charge is 2.11. The summed E-state index contributed by atoms with van der Waals surface area (Å²) in [6.07, 6.45) is 0.765. The van der Waals surface area contributed by atoms with E-state index < -0.39 is 0 Å². The van der Waals surface area contributed by atoms with Crippen LogP contribution in [0.2, 0.25) is 0 Å². The zero-order valence-electron chi connectivity index (χ0n) is 11.2. The third kappa shape index (κ3) is 4.72. The molecule has 1 atom stereocenters. The van der Waals surface area contributed by atoms with Gasteiger partial charge in [-0.25, -0.2) is 0 Å². The predicted octanol–water partition coefficient (Wildman–Crippen LogP) is 3.91. The summed E-state index contributed by atoms with van der Waals surface area (Å²) in [6.45, 7) is 7.66. The normalized spacial score (nSPS) is 11.6. The van der Waals surface area contributed by atoms with Crippen molar-refractivity contribution in [2.45, 2.75) is 33.2 Å². The molecule has 0 saturated carbocycles. The minimum absolute atomic E-state index is 0.278. The fourth-order valence-electron chi connectivity index (χ4n) is 1.74. The number of benzene rings is 1. The van der Waals surface area contributed by atoms with Gasteiger partial charge in [0.05, 0.1) is 6.61 Å². The first kappa shape index (κ1) is 15.1. The van der Waals surface area contributed by atoms with Gasteiger partial charge in [-0.1, -0.05) is 22.9 Å². The molecule has 0 aliphatic carbocycles. The van der Waals surface area contributed by atoms with E-state index >= 15 is 0 Å². The Hall–Kier alpha value is -0.980. The fourth-order valence-corrected chi connectivity index (χ4v) is 2.12. The lowest BCUT2D eigenvalue weighted by Crippen LogP contribution is -2.18. The zero-order valence-corrected chi connectivity index (χ0v) is 12.8. The van der Waals surface area contributed by atoms with Gasteiger partial charge < -0.3 is 10.1 Å². The summed E-state index contributed by atoms with van der Waals surface area (Å²) >= 11 is 3.50. The molecule has 1 N–H and O–H groups in total. The van der Waals surface area contributed by atoms with Crippen LogP contribution in [-0.4, -0.2) is 13.2 Å². The van der Waals surface area contributed by atoms with Gasteiger partial charge >= 0.3 is 0 Å². The van der Waals surface area contributed by atoms with Crippen molar-refractivity contribution < 1.29 is 4.74 Å². The molecule has 1 rings (SSSR count). The van der Waals surface area contributed by atoms with Crippen LogP contribution in [0.1, 0.15) is 38.8 Å². The highest BCUT2D eigenvalue weighted by atomic mass is 79.9. The van der Waals surface area contributed by atoms with Crippen molar-refractivity contribution in [3.63, 3.8) is 0 Å². The number of hydrogen-bond acceptors (Lipinski definition) is 2. The predicted molar refractivity (Wildman–Crippen MR) is 79.8 cm³/mol. The molecule has 0 aromatic heterocycles. The Morgan fingerprint density at radius 3 is 2.89 bits per heavy atom. The number of ether oxygens (including phenoxy) is 1. The molecule has 1 aromatic rings. The van der Waals surface area contributed by atoms with Crippen molar-refractivity contribution in [1.29, 1.82) is 0 Å². The van der Waals surface area contributed by atoms with E-state index in [1.165, 1.54) is 5.56 Å². The van der Waals surface area contributed by atoms with E-state index in [1.54, 1.807) is 0 Å². The van der Waals surface area contributed by atoms with E-state index in [1.807, 2.05) is 19.1 Å². The molecular formula is C15H20BrNO. The van der Waals surface area contributed by atoms with E-state index in [0.717, 1.165) is 23.2 Å². The summed E-state index contributed by atoms with van der Waals surface area (Å²) in [4.78, 5) is 0. The Labute approximate surface area is 118 Å². The monoisotopic (exact) mass is 309 g/mol. The van der Waals surface area contributed by atoms with Crippen LogP contribution in [0.15, 0.2) is 22.7 Å². The van der Waals surface area contributed by atoms with E-state index in [9.17, 15) is 0 Å². The minimum Gasteiger partial charge on any atom is -0.492 e. The van der Waals surface area contributed by atoms with Gasteiger partial charge in [0.2, 0.25) is 0 Å². The Balaban J connectivity index is 2.77. The van der Waals surface area contributed by atoms with Gasteiger partial charge in [0.25, 0.3) is 0 Å². The smallest absolute Gasteiger partial charge is 0.124 e. The maximum atomic E-state index is 5.80. The minimum atomic E-state index is 0.278. The van der Waals surface area contributed by atoms with Gasteiger partial charge in [0.15, 0.2) is 0 Å². The van der Waals surface area contributed by atoms with Crippen molar-refractivity contribution in [2.75, 3.05) is 13.2 Å². The molecule has 2 nitrogen and oxygen atoms in total. The molecule has 1 unspecified atom stereocenters. The summed E-state index contributed by atoms with van der Waals surface area (Å²) in [5.41, 5.74) is 1.18. The highest BCUT2D eigenvalue weighted by molar-refractivity contribution is 9.10. The van der Waals surface area contributed by atoms with E-state index in [4.69, 9.17) is 4.74 Å². The molecule has 98 valence electrons. The van der Waals surface area contributed by atoms with Crippen molar-refractivity contribution in [3.05, 3.63) is 28.2 Å². The third-order valence-electron chi connectivity index (χ3n) is 2.61. The van der Waals surface area contributed by atoms with E-state index in [0.29, 0.717) is 6.61 Å². The molecule has 0 spiro atoms. The van der Waals surface area contributed by atoms with Crippen LogP contribution in [0.4, 0.5) is 0 Å². The standard InChI is InChI=1S/C15H20BrNO/c1-4-6-7-10-18-15-9-8-13(16)11-14(15)12(3)17-5-2/h8-9,11-12,17H,5,7,10H2,1-3H3. The summed E-state index contributed by atoms with van der Waals surface area (Å²) in [6, 6.07) is 6.39. The van der Waals surface area contributed by atoms with Crippen LogP contribution in [0.25, 0.3) is 0 Å². The molecule has 0 aliphatic rings. The molecule has 0 amide bonds. The number of hydrogen-bond donors (Lipinski definition) is 1. The second-order valence-electron chi connectivity index (χ2n) is 3.99. The number of nitrogens with one attached hydrogen (secondary N) is 1. The average molecular weight is 310 g/mol. The lowest BCUT2D eigenvalue weighted by atomic mass is 10.1. The first-order valence-electron chi connectivity index (χ1n) is 6.24. The van der Waals surface area contributed by atoms with Crippen molar-refractivity contribution in [2.24, 2.45) is 0 Å². The molecule has 0 heterocycles. The Kier molecular flexibility index (Phi) is 6.85.